The molecule has 0 radical (unpaired) electrons. The van der Waals surface area contributed by atoms with Crippen molar-refractivity contribution in [1.82, 2.24) is 5.32 Å². The van der Waals surface area contributed by atoms with Crippen LogP contribution in [0.15, 0.2) is 24.3 Å². The Balaban J connectivity index is 2.28. The van der Waals surface area contributed by atoms with Gasteiger partial charge in [-0.2, -0.15) is 0 Å². The Hall–Kier alpha value is -1.28. The monoisotopic (exact) mass is 231 g/mol. The number of hydrogen-bond donors (Lipinski definition) is 1. The molecule has 1 aliphatic heterocycles. The van der Waals surface area contributed by atoms with Gasteiger partial charge >= 0.3 is 0 Å². The lowest BCUT2D eigenvalue weighted by molar-refractivity contribution is 0.410. The number of ether oxygens (including phenoxy) is 1. The minimum atomic E-state index is 1.00. The van der Waals surface area contributed by atoms with E-state index < -0.39 is 0 Å². The van der Waals surface area contributed by atoms with Gasteiger partial charge in [0.2, 0.25) is 0 Å². The van der Waals surface area contributed by atoms with E-state index in [4.69, 9.17) is 4.74 Å². The first-order chi connectivity index (χ1) is 8.35. The van der Waals surface area contributed by atoms with E-state index in [0.29, 0.717) is 0 Å². The van der Waals surface area contributed by atoms with Gasteiger partial charge in [0, 0.05) is 0 Å². The van der Waals surface area contributed by atoms with Crippen LogP contribution in [-0.4, -0.2) is 20.2 Å². The van der Waals surface area contributed by atoms with Crippen molar-refractivity contribution in [2.75, 3.05) is 20.2 Å². The molecule has 2 rings (SSSR count). The normalized spacial score (nSPS) is 16.2. The molecule has 1 heterocycles. The second kappa shape index (κ2) is 5.87. The summed E-state index contributed by atoms with van der Waals surface area (Å²) in [5.74, 6) is 1.00. The van der Waals surface area contributed by atoms with Crippen molar-refractivity contribution in [2.24, 2.45) is 0 Å². The molecule has 0 unspecified atom stereocenters. The highest BCUT2D eigenvalue weighted by molar-refractivity contribution is 5.67. The van der Waals surface area contributed by atoms with Gasteiger partial charge in [0.1, 0.15) is 5.75 Å². The zero-order chi connectivity index (χ0) is 12.1. The van der Waals surface area contributed by atoms with Crippen molar-refractivity contribution in [3.05, 3.63) is 35.4 Å². The van der Waals surface area contributed by atoms with Gasteiger partial charge in [-0.1, -0.05) is 19.1 Å². The van der Waals surface area contributed by atoms with Gasteiger partial charge in [-0.3, -0.25) is 0 Å². The number of methoxy groups -OCH3 is 1. The fraction of sp³-hybridized carbons (Fsp3) is 0.467. The smallest absolute Gasteiger partial charge is 0.122 e. The fourth-order valence-corrected chi connectivity index (χ4v) is 2.32. The Bertz CT molecular complexity index is 409. The van der Waals surface area contributed by atoms with Crippen LogP contribution in [0, 0.1) is 0 Å². The molecular formula is C15H21NO. The topological polar surface area (TPSA) is 21.3 Å². The Labute approximate surface area is 104 Å². The third-order valence-corrected chi connectivity index (χ3v) is 3.32. The van der Waals surface area contributed by atoms with Crippen LogP contribution in [0.1, 0.15) is 30.9 Å². The molecule has 2 heteroatoms. The summed E-state index contributed by atoms with van der Waals surface area (Å²) in [6, 6.07) is 6.54. The summed E-state index contributed by atoms with van der Waals surface area (Å²) in [4.78, 5) is 0. The van der Waals surface area contributed by atoms with E-state index in [9.17, 15) is 0 Å². The van der Waals surface area contributed by atoms with Gasteiger partial charge < -0.3 is 10.1 Å². The van der Waals surface area contributed by atoms with Crippen LogP contribution in [0.4, 0.5) is 0 Å². The lowest BCUT2D eigenvalue weighted by Gasteiger charge is -2.11. The molecule has 92 valence electrons. The first kappa shape index (κ1) is 12.2. The Morgan fingerprint density at radius 1 is 1.29 bits per heavy atom. The van der Waals surface area contributed by atoms with Gasteiger partial charge in [-0.25, -0.2) is 0 Å². The van der Waals surface area contributed by atoms with Crippen LogP contribution in [0.25, 0.3) is 5.57 Å². The third-order valence-electron chi connectivity index (χ3n) is 3.32. The highest BCUT2D eigenvalue weighted by Crippen LogP contribution is 2.26. The summed E-state index contributed by atoms with van der Waals surface area (Å²) in [6.07, 6.45) is 5.63. The maximum absolute atomic E-state index is 5.37. The molecule has 0 amide bonds. The van der Waals surface area contributed by atoms with Crippen molar-refractivity contribution < 1.29 is 4.74 Å². The van der Waals surface area contributed by atoms with Crippen molar-refractivity contribution in [1.29, 1.82) is 0 Å². The molecular weight excluding hydrogens is 210 g/mol. The predicted octanol–water partition coefficient (Wildman–Crippen LogP) is 3.02. The molecule has 0 bridgehead atoms. The summed E-state index contributed by atoms with van der Waals surface area (Å²) >= 11 is 0. The first-order valence-electron chi connectivity index (χ1n) is 6.42. The van der Waals surface area contributed by atoms with E-state index in [2.05, 4.69) is 36.5 Å². The van der Waals surface area contributed by atoms with Gasteiger partial charge in [0.05, 0.1) is 7.11 Å². The van der Waals surface area contributed by atoms with Crippen LogP contribution in [0.5, 0.6) is 5.75 Å². The van der Waals surface area contributed by atoms with Gasteiger partial charge in [-0.15, -0.1) is 0 Å². The van der Waals surface area contributed by atoms with Crippen molar-refractivity contribution >= 4 is 5.57 Å². The summed E-state index contributed by atoms with van der Waals surface area (Å²) < 4.78 is 5.37. The number of hydrogen-bond acceptors (Lipinski definition) is 2. The highest BCUT2D eigenvalue weighted by Gasteiger charge is 2.08. The van der Waals surface area contributed by atoms with Crippen LogP contribution in [0.2, 0.25) is 0 Å². The molecule has 17 heavy (non-hydrogen) atoms. The molecule has 2 nitrogen and oxygen atoms in total. The molecule has 0 aromatic heterocycles. The van der Waals surface area contributed by atoms with Crippen LogP contribution in [0.3, 0.4) is 0 Å². The van der Waals surface area contributed by atoms with Crippen LogP contribution >= 0.6 is 0 Å². The number of nitrogens with one attached hydrogen (secondary N) is 1. The van der Waals surface area contributed by atoms with Gasteiger partial charge in [0.15, 0.2) is 0 Å². The van der Waals surface area contributed by atoms with E-state index >= 15 is 0 Å². The third kappa shape index (κ3) is 2.89. The first-order valence-corrected chi connectivity index (χ1v) is 6.42. The van der Waals surface area contributed by atoms with E-state index in [1.807, 2.05) is 0 Å². The summed E-state index contributed by atoms with van der Waals surface area (Å²) in [6.45, 7) is 4.35. The molecule has 0 saturated heterocycles. The van der Waals surface area contributed by atoms with E-state index in [-0.39, 0.29) is 0 Å². The molecule has 0 atom stereocenters. The molecule has 1 aromatic carbocycles. The minimum Gasteiger partial charge on any atom is -0.496 e. The van der Waals surface area contributed by atoms with E-state index in [0.717, 1.165) is 38.1 Å². The lowest BCUT2D eigenvalue weighted by atomic mass is 9.98. The molecule has 1 aromatic rings. The maximum atomic E-state index is 5.37. The molecule has 0 aliphatic carbocycles. The Kier molecular flexibility index (Phi) is 4.21. The predicted molar refractivity (Wildman–Crippen MR) is 72.5 cm³/mol. The fourth-order valence-electron chi connectivity index (χ4n) is 2.32. The van der Waals surface area contributed by atoms with Gasteiger partial charge in [0.25, 0.3) is 0 Å². The molecule has 0 spiro atoms. The van der Waals surface area contributed by atoms with Crippen molar-refractivity contribution in [3.63, 3.8) is 0 Å². The largest absolute Gasteiger partial charge is 0.496 e. The molecule has 1 N–H and O–H groups in total. The Morgan fingerprint density at radius 3 is 2.94 bits per heavy atom. The second-order valence-electron chi connectivity index (χ2n) is 4.40. The maximum Gasteiger partial charge on any atom is 0.122 e. The minimum absolute atomic E-state index is 1.00. The zero-order valence-corrected chi connectivity index (χ0v) is 10.8. The quantitative estimate of drug-likeness (QED) is 0.863. The number of benzene rings is 1. The summed E-state index contributed by atoms with van der Waals surface area (Å²) in [5.41, 5.74) is 4.11. The number of rotatable bonds is 3. The molecule has 1 aliphatic rings. The average molecular weight is 231 g/mol. The zero-order valence-electron chi connectivity index (χ0n) is 10.8. The average Bonchev–Trinajstić information content (AvgIpc) is 2.66. The standard InChI is InChI=1S/C15H21NO/c1-3-12-11-14(6-7-15(12)17-2)13-5-4-9-16-10-8-13/h5-7,11,16H,3-4,8-10H2,1-2H3. The second-order valence-corrected chi connectivity index (χ2v) is 4.40. The highest BCUT2D eigenvalue weighted by atomic mass is 16.5. The summed E-state index contributed by atoms with van der Waals surface area (Å²) in [7, 11) is 1.74. The van der Waals surface area contributed by atoms with Crippen LogP contribution < -0.4 is 10.1 Å². The van der Waals surface area contributed by atoms with E-state index in [1.54, 1.807) is 7.11 Å². The van der Waals surface area contributed by atoms with Crippen LogP contribution in [-0.2, 0) is 6.42 Å². The van der Waals surface area contributed by atoms with Crippen molar-refractivity contribution in [3.8, 4) is 5.75 Å². The summed E-state index contributed by atoms with van der Waals surface area (Å²) in [5, 5.41) is 3.42. The number of aryl methyl sites for hydroxylation is 1. The SMILES string of the molecule is CCc1cc(C2=CCCNCC2)ccc1OC. The van der Waals surface area contributed by atoms with Gasteiger partial charge in [-0.05, 0) is 61.2 Å². The Morgan fingerprint density at radius 2 is 2.18 bits per heavy atom. The lowest BCUT2D eigenvalue weighted by Crippen LogP contribution is -2.13. The molecule has 0 fully saturated rings. The van der Waals surface area contributed by atoms with Crippen molar-refractivity contribution in [2.45, 2.75) is 26.2 Å². The van der Waals surface area contributed by atoms with E-state index in [1.165, 1.54) is 16.7 Å². The molecule has 0 saturated carbocycles.